The molecule has 0 heterocycles. The smallest absolute Gasteiger partial charge is 0.0247 e. The summed E-state index contributed by atoms with van der Waals surface area (Å²) in [4.78, 5) is 0. The Morgan fingerprint density at radius 1 is 1.50 bits per heavy atom. The summed E-state index contributed by atoms with van der Waals surface area (Å²) in [5.74, 6) is 0. The summed E-state index contributed by atoms with van der Waals surface area (Å²) in [6.45, 7) is 5.93. The third kappa shape index (κ3) is 3.35. The average Bonchev–Trinajstić information content (AvgIpc) is 2.19. The lowest BCUT2D eigenvalue weighted by molar-refractivity contribution is 0.615. The third-order valence-corrected chi connectivity index (χ3v) is 2.48. The summed E-state index contributed by atoms with van der Waals surface area (Å²) in [5, 5.41) is 3.22. The Bertz CT molecular complexity index is 291. The lowest BCUT2D eigenvalue weighted by atomic mass is 10.0. The molecular formula is C13H19N. The van der Waals surface area contributed by atoms with Crippen LogP contribution < -0.4 is 5.32 Å². The van der Waals surface area contributed by atoms with E-state index in [1.807, 2.05) is 13.1 Å². The summed E-state index contributed by atoms with van der Waals surface area (Å²) in [5.41, 5.74) is 2.74. The van der Waals surface area contributed by atoms with E-state index in [-0.39, 0.29) is 0 Å². The molecule has 1 N–H and O–H groups in total. The zero-order valence-electron chi connectivity index (χ0n) is 9.09. The molecule has 1 aromatic carbocycles. The highest BCUT2D eigenvalue weighted by Gasteiger charge is 2.00. The van der Waals surface area contributed by atoms with E-state index >= 15 is 0 Å². The Balaban J connectivity index is 2.48. The minimum Gasteiger partial charge on any atom is -0.314 e. The number of aryl methyl sites for hydroxylation is 2. The van der Waals surface area contributed by atoms with Crippen LogP contribution in [-0.2, 0) is 6.42 Å². The first-order chi connectivity index (χ1) is 6.76. The molecule has 0 aromatic heterocycles. The van der Waals surface area contributed by atoms with E-state index in [2.05, 4.69) is 43.1 Å². The van der Waals surface area contributed by atoms with Crippen molar-refractivity contribution >= 4 is 0 Å². The molecule has 0 amide bonds. The molecule has 0 aliphatic heterocycles. The minimum absolute atomic E-state index is 0.426. The molecule has 0 spiro atoms. The van der Waals surface area contributed by atoms with Crippen LogP contribution in [0.3, 0.4) is 0 Å². The van der Waals surface area contributed by atoms with Crippen LogP contribution in [0.2, 0.25) is 0 Å². The summed E-state index contributed by atoms with van der Waals surface area (Å²) < 4.78 is 0. The molecule has 14 heavy (non-hydrogen) atoms. The molecule has 0 radical (unpaired) electrons. The van der Waals surface area contributed by atoms with Crippen molar-refractivity contribution in [2.45, 2.75) is 25.8 Å². The quantitative estimate of drug-likeness (QED) is 0.702. The maximum absolute atomic E-state index is 3.80. The fourth-order valence-corrected chi connectivity index (χ4v) is 1.57. The molecular weight excluding hydrogens is 170 g/mol. The van der Waals surface area contributed by atoms with Gasteiger partial charge in [-0.25, -0.2) is 0 Å². The van der Waals surface area contributed by atoms with Crippen molar-refractivity contribution in [3.63, 3.8) is 0 Å². The predicted octanol–water partition coefficient (Wildman–Crippen LogP) is 2.70. The van der Waals surface area contributed by atoms with Gasteiger partial charge in [-0.2, -0.15) is 0 Å². The van der Waals surface area contributed by atoms with Crippen molar-refractivity contribution in [3.8, 4) is 0 Å². The van der Waals surface area contributed by atoms with Crippen LogP contribution in [0.5, 0.6) is 0 Å². The van der Waals surface area contributed by atoms with Crippen molar-refractivity contribution in [2.24, 2.45) is 0 Å². The van der Waals surface area contributed by atoms with E-state index in [0.717, 1.165) is 12.8 Å². The second-order valence-electron chi connectivity index (χ2n) is 3.66. The predicted molar refractivity (Wildman–Crippen MR) is 62.5 cm³/mol. The first kappa shape index (κ1) is 11.0. The summed E-state index contributed by atoms with van der Waals surface area (Å²) >= 11 is 0. The van der Waals surface area contributed by atoms with Gasteiger partial charge in [0.15, 0.2) is 0 Å². The van der Waals surface area contributed by atoms with Gasteiger partial charge in [-0.05, 0) is 32.4 Å². The summed E-state index contributed by atoms with van der Waals surface area (Å²) in [6.07, 6.45) is 4.19. The number of likely N-dealkylation sites (N-methyl/N-ethyl adjacent to an activating group) is 1. The molecule has 0 aliphatic rings. The Morgan fingerprint density at radius 3 is 2.86 bits per heavy atom. The van der Waals surface area contributed by atoms with Crippen molar-refractivity contribution in [3.05, 3.63) is 48.0 Å². The third-order valence-electron chi connectivity index (χ3n) is 2.48. The molecule has 0 aliphatic carbocycles. The summed E-state index contributed by atoms with van der Waals surface area (Å²) in [7, 11) is 1.97. The molecule has 1 aromatic rings. The first-order valence-corrected chi connectivity index (χ1v) is 5.11. The van der Waals surface area contributed by atoms with Gasteiger partial charge in [0.1, 0.15) is 0 Å². The molecule has 0 saturated carbocycles. The standard InChI is InChI=1S/C13H19N/c1-4-13(14-3)9-8-12-7-5-6-11(2)10-12/h4-7,10,13-14H,1,8-9H2,2-3H3. The first-order valence-electron chi connectivity index (χ1n) is 5.11. The fourth-order valence-electron chi connectivity index (χ4n) is 1.57. The zero-order chi connectivity index (χ0) is 10.4. The van der Waals surface area contributed by atoms with E-state index in [1.165, 1.54) is 11.1 Å². The van der Waals surface area contributed by atoms with Gasteiger partial charge >= 0.3 is 0 Å². The van der Waals surface area contributed by atoms with Gasteiger partial charge in [0, 0.05) is 6.04 Å². The molecule has 0 saturated heterocycles. The number of nitrogens with one attached hydrogen (secondary N) is 1. The number of hydrogen-bond acceptors (Lipinski definition) is 1. The molecule has 0 bridgehead atoms. The highest BCUT2D eigenvalue weighted by atomic mass is 14.8. The van der Waals surface area contributed by atoms with Gasteiger partial charge in [0.05, 0.1) is 0 Å². The van der Waals surface area contributed by atoms with Crippen LogP contribution in [0.1, 0.15) is 17.5 Å². The summed E-state index contributed by atoms with van der Waals surface area (Å²) in [6, 6.07) is 9.11. The van der Waals surface area contributed by atoms with Crippen LogP contribution in [0.4, 0.5) is 0 Å². The maximum Gasteiger partial charge on any atom is 0.0247 e. The van der Waals surface area contributed by atoms with Crippen molar-refractivity contribution in [2.75, 3.05) is 7.05 Å². The number of hydrogen-bond donors (Lipinski definition) is 1. The molecule has 1 rings (SSSR count). The van der Waals surface area contributed by atoms with Gasteiger partial charge in [-0.3, -0.25) is 0 Å². The van der Waals surface area contributed by atoms with Crippen LogP contribution in [0.25, 0.3) is 0 Å². The second kappa shape index (κ2) is 5.61. The van der Waals surface area contributed by atoms with Gasteiger partial charge in [-0.1, -0.05) is 35.9 Å². The topological polar surface area (TPSA) is 12.0 Å². The second-order valence-corrected chi connectivity index (χ2v) is 3.66. The monoisotopic (exact) mass is 189 g/mol. The lowest BCUT2D eigenvalue weighted by Gasteiger charge is -2.10. The van der Waals surface area contributed by atoms with Crippen molar-refractivity contribution in [1.29, 1.82) is 0 Å². The van der Waals surface area contributed by atoms with Crippen LogP contribution in [0.15, 0.2) is 36.9 Å². The average molecular weight is 189 g/mol. The fraction of sp³-hybridized carbons (Fsp3) is 0.385. The van der Waals surface area contributed by atoms with E-state index in [9.17, 15) is 0 Å². The molecule has 1 nitrogen and oxygen atoms in total. The van der Waals surface area contributed by atoms with Gasteiger partial charge in [0.2, 0.25) is 0 Å². The van der Waals surface area contributed by atoms with Gasteiger partial charge < -0.3 is 5.32 Å². The Kier molecular flexibility index (Phi) is 4.41. The highest BCUT2D eigenvalue weighted by molar-refractivity contribution is 5.22. The van der Waals surface area contributed by atoms with Crippen LogP contribution in [-0.4, -0.2) is 13.1 Å². The molecule has 0 fully saturated rings. The van der Waals surface area contributed by atoms with Crippen LogP contribution in [0, 0.1) is 6.92 Å². The van der Waals surface area contributed by atoms with Gasteiger partial charge in [0.25, 0.3) is 0 Å². The zero-order valence-corrected chi connectivity index (χ0v) is 9.09. The molecule has 1 unspecified atom stereocenters. The maximum atomic E-state index is 3.80. The molecule has 1 atom stereocenters. The van der Waals surface area contributed by atoms with E-state index in [4.69, 9.17) is 0 Å². The van der Waals surface area contributed by atoms with Crippen molar-refractivity contribution < 1.29 is 0 Å². The van der Waals surface area contributed by atoms with E-state index in [0.29, 0.717) is 6.04 Å². The van der Waals surface area contributed by atoms with Crippen molar-refractivity contribution in [1.82, 2.24) is 5.32 Å². The van der Waals surface area contributed by atoms with E-state index in [1.54, 1.807) is 0 Å². The van der Waals surface area contributed by atoms with E-state index < -0.39 is 0 Å². The normalized spacial score (nSPS) is 12.4. The largest absolute Gasteiger partial charge is 0.314 e. The lowest BCUT2D eigenvalue weighted by Crippen LogP contribution is -2.22. The number of rotatable bonds is 5. The molecule has 76 valence electrons. The molecule has 1 heteroatoms. The van der Waals surface area contributed by atoms with Gasteiger partial charge in [-0.15, -0.1) is 6.58 Å². The number of benzene rings is 1. The minimum atomic E-state index is 0.426. The highest BCUT2D eigenvalue weighted by Crippen LogP contribution is 2.08. The SMILES string of the molecule is C=CC(CCc1cccc(C)c1)NC. The Labute approximate surface area is 86.8 Å². The Morgan fingerprint density at radius 2 is 2.29 bits per heavy atom. The Hall–Kier alpha value is -1.08. The van der Waals surface area contributed by atoms with Crippen LogP contribution >= 0.6 is 0 Å².